The van der Waals surface area contributed by atoms with Crippen LogP contribution in [0.2, 0.25) is 0 Å². The third-order valence-electron chi connectivity index (χ3n) is 1.24. The lowest BCUT2D eigenvalue weighted by molar-refractivity contribution is 0.995. The van der Waals surface area contributed by atoms with Gasteiger partial charge in [-0.2, -0.15) is 0 Å². The number of nitrogens with one attached hydrogen (secondary N) is 1. The number of aromatic amines is 1. The largest absolute Gasteiger partial charge is 0.395 e. The van der Waals surface area contributed by atoms with E-state index in [-0.39, 0.29) is 0 Å². The predicted octanol–water partition coefficient (Wildman–Crippen LogP) is 0.787. The molecule has 0 aliphatic heterocycles. The zero-order valence-electron chi connectivity index (χ0n) is 6.46. The highest BCUT2D eigenvalue weighted by Gasteiger charge is 1.96. The van der Waals surface area contributed by atoms with Crippen molar-refractivity contribution in [1.82, 2.24) is 9.97 Å². The minimum absolute atomic E-state index is 0.505. The summed E-state index contributed by atoms with van der Waals surface area (Å²) < 4.78 is 0.531. The van der Waals surface area contributed by atoms with Gasteiger partial charge in [-0.1, -0.05) is 12.2 Å². The predicted molar refractivity (Wildman–Crippen MR) is 48.2 cm³/mol. The summed E-state index contributed by atoms with van der Waals surface area (Å²) >= 11 is 4.91. The summed E-state index contributed by atoms with van der Waals surface area (Å²) in [6.07, 6.45) is 1.55. The van der Waals surface area contributed by atoms with Gasteiger partial charge in [0.25, 0.3) is 0 Å². The fourth-order valence-corrected chi connectivity index (χ4v) is 0.767. The third kappa shape index (κ3) is 1.68. The molecule has 0 aliphatic carbocycles. The number of H-pyrrole nitrogens is 1. The minimum atomic E-state index is 0.505. The number of hydrogen-bond acceptors (Lipinski definition) is 4. The van der Waals surface area contributed by atoms with Gasteiger partial charge >= 0.3 is 0 Å². The molecule has 4 nitrogen and oxygen atoms in total. The van der Waals surface area contributed by atoms with Crippen molar-refractivity contribution in [3.05, 3.63) is 10.8 Å². The summed E-state index contributed by atoms with van der Waals surface area (Å²) in [5, 5.41) is 0. The fraction of sp³-hybridized carbons (Fsp3) is 0.333. The monoisotopic (exact) mass is 170 g/mol. The van der Waals surface area contributed by atoms with Crippen molar-refractivity contribution >= 4 is 23.9 Å². The number of nitrogens with zero attached hydrogens (tertiary/aromatic N) is 2. The molecular formula is C6H10N4S. The van der Waals surface area contributed by atoms with E-state index >= 15 is 0 Å². The molecule has 60 valence electrons. The van der Waals surface area contributed by atoms with Crippen LogP contribution in [-0.4, -0.2) is 24.1 Å². The summed E-state index contributed by atoms with van der Waals surface area (Å²) in [4.78, 5) is 8.73. The molecule has 1 aromatic rings. The molecule has 1 rings (SSSR count). The Labute approximate surface area is 70.1 Å². The van der Waals surface area contributed by atoms with E-state index in [2.05, 4.69) is 9.97 Å². The van der Waals surface area contributed by atoms with E-state index < -0.39 is 0 Å². The van der Waals surface area contributed by atoms with Crippen LogP contribution in [0.25, 0.3) is 0 Å². The molecule has 1 heterocycles. The van der Waals surface area contributed by atoms with E-state index in [1.54, 1.807) is 6.20 Å². The smallest absolute Gasteiger partial charge is 0.203 e. The molecule has 0 saturated heterocycles. The maximum atomic E-state index is 5.47. The van der Waals surface area contributed by atoms with Gasteiger partial charge in [0.1, 0.15) is 4.64 Å². The maximum absolute atomic E-state index is 5.47. The summed E-state index contributed by atoms with van der Waals surface area (Å²) in [7, 11) is 3.76. The maximum Gasteiger partial charge on any atom is 0.203 e. The van der Waals surface area contributed by atoms with Crippen LogP contribution in [-0.2, 0) is 0 Å². The van der Waals surface area contributed by atoms with Gasteiger partial charge in [-0.05, 0) is 0 Å². The number of anilines is 2. The van der Waals surface area contributed by atoms with Crippen LogP contribution in [0.3, 0.4) is 0 Å². The van der Waals surface area contributed by atoms with Gasteiger partial charge in [-0.25, -0.2) is 4.98 Å². The average Bonchev–Trinajstić information content (AvgIpc) is 1.94. The second-order valence-corrected chi connectivity index (χ2v) is 2.79. The van der Waals surface area contributed by atoms with E-state index in [1.165, 1.54) is 0 Å². The number of hydrogen-bond donors (Lipinski definition) is 2. The number of nitrogens with two attached hydrogens (primary N) is 1. The molecule has 0 saturated carbocycles. The van der Waals surface area contributed by atoms with Gasteiger partial charge in [0, 0.05) is 14.1 Å². The second-order valence-electron chi connectivity index (χ2n) is 2.39. The molecule has 0 spiro atoms. The summed E-state index contributed by atoms with van der Waals surface area (Å²) in [6.45, 7) is 0. The second kappa shape index (κ2) is 2.87. The van der Waals surface area contributed by atoms with Gasteiger partial charge in [0.2, 0.25) is 5.95 Å². The average molecular weight is 170 g/mol. The molecule has 0 unspecified atom stereocenters. The summed E-state index contributed by atoms with van der Waals surface area (Å²) in [6, 6.07) is 0. The van der Waals surface area contributed by atoms with Crippen LogP contribution >= 0.6 is 12.2 Å². The first kappa shape index (κ1) is 8.00. The van der Waals surface area contributed by atoms with Crippen LogP contribution in [0.15, 0.2) is 6.20 Å². The van der Waals surface area contributed by atoms with Crippen molar-refractivity contribution in [3.8, 4) is 0 Å². The lowest BCUT2D eigenvalue weighted by atomic mass is 10.5. The topological polar surface area (TPSA) is 57.9 Å². The van der Waals surface area contributed by atoms with Crippen LogP contribution in [0.5, 0.6) is 0 Å². The van der Waals surface area contributed by atoms with Crippen molar-refractivity contribution in [2.45, 2.75) is 0 Å². The highest BCUT2D eigenvalue weighted by atomic mass is 32.1. The standard InChI is InChI=1S/C6H10N4S/c1-10(2)6-8-3-4(7)5(11)9-6/h3H,7H2,1-2H3,(H,8,9,11). The molecule has 5 heteroatoms. The fourth-order valence-electron chi connectivity index (χ4n) is 0.623. The zero-order valence-corrected chi connectivity index (χ0v) is 7.27. The van der Waals surface area contributed by atoms with Crippen molar-refractivity contribution in [2.24, 2.45) is 0 Å². The van der Waals surface area contributed by atoms with Crippen LogP contribution in [0.4, 0.5) is 11.6 Å². The first-order valence-corrected chi connectivity index (χ1v) is 3.54. The number of aromatic nitrogens is 2. The van der Waals surface area contributed by atoms with Crippen LogP contribution in [0.1, 0.15) is 0 Å². The number of rotatable bonds is 1. The van der Waals surface area contributed by atoms with Gasteiger partial charge in [0.15, 0.2) is 0 Å². The first-order valence-electron chi connectivity index (χ1n) is 3.13. The molecule has 0 atom stereocenters. The lowest BCUT2D eigenvalue weighted by Crippen LogP contribution is -2.12. The van der Waals surface area contributed by atoms with Crippen molar-refractivity contribution < 1.29 is 0 Å². The van der Waals surface area contributed by atoms with Crippen molar-refractivity contribution in [2.75, 3.05) is 24.7 Å². The minimum Gasteiger partial charge on any atom is -0.395 e. The highest BCUT2D eigenvalue weighted by molar-refractivity contribution is 7.71. The molecule has 0 radical (unpaired) electrons. The molecule has 0 aliphatic rings. The molecule has 3 N–H and O–H groups in total. The SMILES string of the molecule is CN(C)c1ncc(N)c(=S)[nH]1. The lowest BCUT2D eigenvalue weighted by Gasteiger charge is -2.09. The third-order valence-corrected chi connectivity index (χ3v) is 1.57. The molecule has 0 aromatic carbocycles. The molecule has 0 fully saturated rings. The number of nitrogen functional groups attached to an aromatic ring is 1. The Morgan fingerprint density at radius 1 is 1.64 bits per heavy atom. The van der Waals surface area contributed by atoms with Crippen LogP contribution in [0, 0.1) is 4.64 Å². The van der Waals surface area contributed by atoms with Crippen molar-refractivity contribution in [3.63, 3.8) is 0 Å². The Morgan fingerprint density at radius 2 is 2.27 bits per heavy atom. The Morgan fingerprint density at radius 3 is 2.73 bits per heavy atom. The summed E-state index contributed by atoms with van der Waals surface area (Å²) in [5.41, 5.74) is 5.98. The molecular weight excluding hydrogens is 160 g/mol. The molecule has 0 amide bonds. The van der Waals surface area contributed by atoms with E-state index in [1.807, 2.05) is 19.0 Å². The van der Waals surface area contributed by atoms with Gasteiger partial charge < -0.3 is 15.6 Å². The Balaban J connectivity index is 3.16. The highest BCUT2D eigenvalue weighted by Crippen LogP contribution is 2.05. The van der Waals surface area contributed by atoms with E-state index in [9.17, 15) is 0 Å². The Kier molecular flexibility index (Phi) is 2.09. The Bertz CT molecular complexity index is 304. The first-order chi connectivity index (χ1) is 5.11. The van der Waals surface area contributed by atoms with Gasteiger partial charge in [-0.3, -0.25) is 0 Å². The zero-order chi connectivity index (χ0) is 8.43. The van der Waals surface area contributed by atoms with Gasteiger partial charge in [0.05, 0.1) is 11.9 Å². The quantitative estimate of drug-likeness (QED) is 0.612. The molecule has 1 aromatic heterocycles. The van der Waals surface area contributed by atoms with Crippen molar-refractivity contribution in [1.29, 1.82) is 0 Å². The van der Waals surface area contributed by atoms with Gasteiger partial charge in [-0.15, -0.1) is 0 Å². The van der Waals surface area contributed by atoms with E-state index in [0.29, 0.717) is 16.3 Å². The van der Waals surface area contributed by atoms with E-state index in [0.717, 1.165) is 0 Å². The molecule has 11 heavy (non-hydrogen) atoms. The normalized spacial score (nSPS) is 9.64. The van der Waals surface area contributed by atoms with Crippen LogP contribution < -0.4 is 10.6 Å². The molecule has 0 bridgehead atoms. The van der Waals surface area contributed by atoms with E-state index in [4.69, 9.17) is 18.0 Å². The Hall–Kier alpha value is -1.10. The summed E-state index contributed by atoms with van der Waals surface area (Å²) in [5.74, 6) is 0.712.